The molecule has 7 heteroatoms. The van der Waals surface area contributed by atoms with E-state index in [1.165, 1.54) is 11.1 Å². The van der Waals surface area contributed by atoms with Gasteiger partial charge in [0.25, 0.3) is 5.91 Å². The number of aromatic hydroxyl groups is 1. The van der Waals surface area contributed by atoms with Gasteiger partial charge in [-0.15, -0.1) is 0 Å². The van der Waals surface area contributed by atoms with Crippen molar-refractivity contribution in [3.63, 3.8) is 0 Å². The van der Waals surface area contributed by atoms with Gasteiger partial charge in [-0.3, -0.25) is 19.9 Å². The summed E-state index contributed by atoms with van der Waals surface area (Å²) in [5.41, 5.74) is 2.70. The van der Waals surface area contributed by atoms with Crippen molar-refractivity contribution >= 4 is 11.6 Å². The van der Waals surface area contributed by atoms with Gasteiger partial charge in [-0.25, -0.2) is 5.43 Å². The van der Waals surface area contributed by atoms with Crippen molar-refractivity contribution in [3.8, 4) is 5.75 Å². The van der Waals surface area contributed by atoms with Gasteiger partial charge in [-0.05, 0) is 18.6 Å². The zero-order chi connectivity index (χ0) is 12.4. The maximum absolute atomic E-state index is 11.9. The Morgan fingerprint density at radius 2 is 2.29 bits per heavy atom. The SMILES string of the molecule is O=C(c1ccc([N+](=O)[O-])c(O)c1)N1CCCN1. The summed E-state index contributed by atoms with van der Waals surface area (Å²) in [6, 6.07) is 3.57. The minimum Gasteiger partial charge on any atom is -0.502 e. The summed E-state index contributed by atoms with van der Waals surface area (Å²) in [4.78, 5) is 21.7. The molecule has 1 amide bonds. The predicted molar refractivity (Wildman–Crippen MR) is 58.4 cm³/mol. The fourth-order valence-corrected chi connectivity index (χ4v) is 1.67. The molecule has 2 rings (SSSR count). The van der Waals surface area contributed by atoms with Crippen molar-refractivity contribution in [1.82, 2.24) is 10.4 Å². The number of carbonyl (C=O) groups is 1. The van der Waals surface area contributed by atoms with Crippen molar-refractivity contribution in [2.24, 2.45) is 0 Å². The number of hydrogen-bond acceptors (Lipinski definition) is 5. The molecule has 0 aliphatic carbocycles. The lowest BCUT2D eigenvalue weighted by molar-refractivity contribution is -0.385. The van der Waals surface area contributed by atoms with Gasteiger partial charge in [0.2, 0.25) is 0 Å². The van der Waals surface area contributed by atoms with Crippen LogP contribution in [0.15, 0.2) is 18.2 Å². The summed E-state index contributed by atoms with van der Waals surface area (Å²) < 4.78 is 0. The van der Waals surface area contributed by atoms with E-state index in [1.807, 2.05) is 0 Å². The number of hydrazine groups is 1. The van der Waals surface area contributed by atoms with E-state index in [4.69, 9.17) is 0 Å². The maximum Gasteiger partial charge on any atom is 0.310 e. The third-order valence-electron chi connectivity index (χ3n) is 2.53. The largest absolute Gasteiger partial charge is 0.502 e. The Bertz CT molecular complexity index is 469. The Balaban J connectivity index is 2.25. The summed E-state index contributed by atoms with van der Waals surface area (Å²) in [5.74, 6) is -0.798. The number of nitrogens with one attached hydrogen (secondary N) is 1. The van der Waals surface area contributed by atoms with Crippen molar-refractivity contribution in [3.05, 3.63) is 33.9 Å². The molecule has 1 fully saturated rings. The second-order valence-electron chi connectivity index (χ2n) is 3.68. The van der Waals surface area contributed by atoms with Gasteiger partial charge < -0.3 is 5.11 Å². The summed E-state index contributed by atoms with van der Waals surface area (Å²) in [6.07, 6.45) is 0.866. The molecule has 1 aromatic rings. The van der Waals surface area contributed by atoms with E-state index in [-0.39, 0.29) is 11.5 Å². The standard InChI is InChI=1S/C10H11N3O4/c14-9-6-7(2-3-8(9)13(16)17)10(15)12-5-1-4-11-12/h2-3,6,11,14H,1,4-5H2. The molecule has 17 heavy (non-hydrogen) atoms. The van der Waals surface area contributed by atoms with Gasteiger partial charge in [0.15, 0.2) is 5.75 Å². The molecule has 1 aromatic carbocycles. The lowest BCUT2D eigenvalue weighted by Gasteiger charge is -2.15. The Kier molecular flexibility index (Phi) is 2.92. The molecule has 0 radical (unpaired) electrons. The highest BCUT2D eigenvalue weighted by molar-refractivity contribution is 5.94. The first kappa shape index (κ1) is 11.3. The summed E-state index contributed by atoms with van der Waals surface area (Å²) in [6.45, 7) is 1.32. The molecule has 90 valence electrons. The first-order chi connectivity index (χ1) is 8.09. The third kappa shape index (κ3) is 2.18. The van der Waals surface area contributed by atoms with Crippen molar-refractivity contribution in [2.75, 3.05) is 13.1 Å². The van der Waals surface area contributed by atoms with Crippen LogP contribution >= 0.6 is 0 Å². The summed E-state index contributed by atoms with van der Waals surface area (Å²) in [5, 5.41) is 21.3. The zero-order valence-electron chi connectivity index (χ0n) is 8.92. The lowest BCUT2D eigenvalue weighted by Crippen LogP contribution is -2.36. The highest BCUT2D eigenvalue weighted by Crippen LogP contribution is 2.26. The maximum atomic E-state index is 11.9. The van der Waals surface area contributed by atoms with Crippen molar-refractivity contribution in [2.45, 2.75) is 6.42 Å². The molecule has 1 aliphatic heterocycles. The van der Waals surface area contributed by atoms with Crippen LogP contribution in [0, 0.1) is 10.1 Å². The molecule has 0 bridgehead atoms. The average Bonchev–Trinajstić information content (AvgIpc) is 2.80. The zero-order valence-corrected chi connectivity index (χ0v) is 8.92. The number of phenols is 1. The van der Waals surface area contributed by atoms with Gasteiger partial charge in [0, 0.05) is 24.7 Å². The van der Waals surface area contributed by atoms with Crippen LogP contribution in [0.4, 0.5) is 5.69 Å². The minimum absolute atomic E-state index is 0.225. The van der Waals surface area contributed by atoms with Crippen LogP contribution in [-0.4, -0.2) is 34.0 Å². The molecule has 0 spiro atoms. The number of hydrogen-bond donors (Lipinski definition) is 2. The Labute approximate surface area is 96.8 Å². The van der Waals surface area contributed by atoms with E-state index in [1.54, 1.807) is 0 Å². The van der Waals surface area contributed by atoms with Crippen LogP contribution in [0.25, 0.3) is 0 Å². The highest BCUT2D eigenvalue weighted by Gasteiger charge is 2.22. The number of carbonyl (C=O) groups excluding carboxylic acids is 1. The first-order valence-corrected chi connectivity index (χ1v) is 5.12. The van der Waals surface area contributed by atoms with E-state index in [9.17, 15) is 20.0 Å². The molecule has 0 atom stereocenters. The number of nitrogens with zero attached hydrogens (tertiary/aromatic N) is 2. The highest BCUT2D eigenvalue weighted by atomic mass is 16.6. The summed E-state index contributed by atoms with van der Waals surface area (Å²) in [7, 11) is 0. The van der Waals surface area contributed by atoms with E-state index < -0.39 is 16.4 Å². The smallest absolute Gasteiger partial charge is 0.310 e. The van der Waals surface area contributed by atoms with Crippen LogP contribution in [0.1, 0.15) is 16.8 Å². The number of nitro benzene ring substituents is 1. The van der Waals surface area contributed by atoms with Crippen LogP contribution in [-0.2, 0) is 0 Å². The molecule has 1 saturated heterocycles. The number of rotatable bonds is 2. The Morgan fingerprint density at radius 3 is 2.82 bits per heavy atom. The van der Waals surface area contributed by atoms with Crippen LogP contribution in [0.3, 0.4) is 0 Å². The molecular formula is C10H11N3O4. The van der Waals surface area contributed by atoms with E-state index >= 15 is 0 Å². The van der Waals surface area contributed by atoms with Gasteiger partial charge in [0.05, 0.1) is 4.92 Å². The van der Waals surface area contributed by atoms with Crippen molar-refractivity contribution in [1.29, 1.82) is 0 Å². The number of nitro groups is 1. The average molecular weight is 237 g/mol. The topological polar surface area (TPSA) is 95.7 Å². The molecular weight excluding hydrogens is 226 g/mol. The molecule has 7 nitrogen and oxygen atoms in total. The van der Waals surface area contributed by atoms with E-state index in [0.717, 1.165) is 25.1 Å². The lowest BCUT2D eigenvalue weighted by atomic mass is 10.1. The minimum atomic E-state index is -0.697. The number of amides is 1. The monoisotopic (exact) mass is 237 g/mol. The number of phenolic OH excluding ortho intramolecular Hbond substituents is 1. The van der Waals surface area contributed by atoms with Crippen LogP contribution in [0.5, 0.6) is 5.75 Å². The van der Waals surface area contributed by atoms with Gasteiger partial charge >= 0.3 is 5.69 Å². The Hall–Kier alpha value is -2.15. The van der Waals surface area contributed by atoms with Crippen LogP contribution in [0.2, 0.25) is 0 Å². The van der Waals surface area contributed by atoms with Gasteiger partial charge in [-0.1, -0.05) is 0 Å². The predicted octanol–water partition coefficient (Wildman–Crippen LogP) is 0.651. The molecule has 1 aliphatic rings. The normalized spacial score (nSPS) is 14.9. The fraction of sp³-hybridized carbons (Fsp3) is 0.300. The van der Waals surface area contributed by atoms with Crippen LogP contribution < -0.4 is 5.43 Å². The van der Waals surface area contributed by atoms with Gasteiger partial charge in [-0.2, -0.15) is 0 Å². The van der Waals surface area contributed by atoms with Crippen molar-refractivity contribution < 1.29 is 14.8 Å². The second kappa shape index (κ2) is 4.38. The van der Waals surface area contributed by atoms with E-state index in [2.05, 4.69) is 5.43 Å². The molecule has 0 saturated carbocycles. The first-order valence-electron chi connectivity index (χ1n) is 5.12. The quantitative estimate of drug-likeness (QED) is 0.581. The van der Waals surface area contributed by atoms with Gasteiger partial charge in [0.1, 0.15) is 0 Å². The molecule has 2 N–H and O–H groups in total. The molecule has 0 unspecified atom stereocenters. The Morgan fingerprint density at radius 1 is 1.53 bits per heavy atom. The third-order valence-corrected chi connectivity index (χ3v) is 2.53. The second-order valence-corrected chi connectivity index (χ2v) is 3.68. The molecule has 1 heterocycles. The van der Waals surface area contributed by atoms with E-state index in [0.29, 0.717) is 6.54 Å². The number of benzene rings is 1. The summed E-state index contributed by atoms with van der Waals surface area (Å²) >= 11 is 0. The fourth-order valence-electron chi connectivity index (χ4n) is 1.67. The molecule has 0 aromatic heterocycles.